The van der Waals surface area contributed by atoms with Crippen LogP contribution in [0.4, 0.5) is 0 Å². The summed E-state index contributed by atoms with van der Waals surface area (Å²) in [5, 5.41) is 20.4. The van der Waals surface area contributed by atoms with Gasteiger partial charge in [0.25, 0.3) is 0 Å². The smallest absolute Gasteiger partial charge is 0.156 e. The van der Waals surface area contributed by atoms with Crippen LogP contribution >= 0.6 is 0 Å². The van der Waals surface area contributed by atoms with Gasteiger partial charge in [-0.2, -0.15) is 0 Å². The Hall–Kier alpha value is -0.930. The first-order valence-electron chi connectivity index (χ1n) is 5.85. The minimum absolute atomic E-state index is 0.0360. The largest absolute Gasteiger partial charge is 0.386 e. The summed E-state index contributed by atoms with van der Waals surface area (Å²) in [6.45, 7) is 8.75. The molecule has 0 amide bonds. The first kappa shape index (κ1) is 14.1. The number of ketones is 1. The molecule has 0 spiro atoms. The summed E-state index contributed by atoms with van der Waals surface area (Å²) in [6, 6.07) is 0. The standard InChI is InChI=1S/C14H22O3/c1-10-8-11(15)9-12(2,3)14(10,17)7-6-13(4,5)16/h6-8,16-17H,9H2,1-5H3. The second-order valence-corrected chi connectivity index (χ2v) is 6.11. The fourth-order valence-electron chi connectivity index (χ4n) is 2.19. The van der Waals surface area contributed by atoms with E-state index in [0.717, 1.165) is 0 Å². The first-order chi connectivity index (χ1) is 7.48. The topological polar surface area (TPSA) is 57.5 Å². The van der Waals surface area contributed by atoms with Gasteiger partial charge in [0.05, 0.1) is 5.60 Å². The molecule has 1 aliphatic rings. The maximum atomic E-state index is 11.5. The molecule has 0 heterocycles. The van der Waals surface area contributed by atoms with E-state index in [0.29, 0.717) is 12.0 Å². The van der Waals surface area contributed by atoms with E-state index in [4.69, 9.17) is 0 Å². The van der Waals surface area contributed by atoms with Crippen LogP contribution in [0.5, 0.6) is 0 Å². The van der Waals surface area contributed by atoms with E-state index in [9.17, 15) is 15.0 Å². The highest BCUT2D eigenvalue weighted by Gasteiger charge is 2.46. The van der Waals surface area contributed by atoms with E-state index in [-0.39, 0.29) is 5.78 Å². The maximum Gasteiger partial charge on any atom is 0.156 e. The number of carbonyl (C=O) groups is 1. The zero-order valence-corrected chi connectivity index (χ0v) is 11.2. The van der Waals surface area contributed by atoms with Gasteiger partial charge in [0.2, 0.25) is 0 Å². The van der Waals surface area contributed by atoms with Gasteiger partial charge in [0, 0.05) is 11.8 Å². The van der Waals surface area contributed by atoms with Crippen LogP contribution in [0.3, 0.4) is 0 Å². The predicted octanol–water partition coefficient (Wildman–Crippen LogP) is 1.99. The summed E-state index contributed by atoms with van der Waals surface area (Å²) in [6.07, 6.45) is 4.96. The highest BCUT2D eigenvalue weighted by molar-refractivity contribution is 5.92. The monoisotopic (exact) mass is 238 g/mol. The normalized spacial score (nSPS) is 29.6. The van der Waals surface area contributed by atoms with Gasteiger partial charge < -0.3 is 10.2 Å². The second-order valence-electron chi connectivity index (χ2n) is 6.11. The van der Waals surface area contributed by atoms with Crippen molar-refractivity contribution in [3.05, 3.63) is 23.8 Å². The van der Waals surface area contributed by atoms with Crippen LogP contribution in [0.15, 0.2) is 23.8 Å². The highest BCUT2D eigenvalue weighted by atomic mass is 16.3. The molecule has 0 aromatic carbocycles. The Morgan fingerprint density at radius 2 is 1.94 bits per heavy atom. The molecule has 0 bridgehead atoms. The Labute approximate surface area is 103 Å². The molecule has 1 aliphatic carbocycles. The van der Waals surface area contributed by atoms with Crippen LogP contribution in [0.25, 0.3) is 0 Å². The maximum absolute atomic E-state index is 11.5. The molecule has 96 valence electrons. The summed E-state index contributed by atoms with van der Waals surface area (Å²) >= 11 is 0. The van der Waals surface area contributed by atoms with Gasteiger partial charge in [0.15, 0.2) is 5.78 Å². The molecule has 0 saturated heterocycles. The van der Waals surface area contributed by atoms with Crippen molar-refractivity contribution >= 4 is 5.78 Å². The summed E-state index contributed by atoms with van der Waals surface area (Å²) in [7, 11) is 0. The van der Waals surface area contributed by atoms with Gasteiger partial charge in [-0.1, -0.05) is 19.9 Å². The van der Waals surface area contributed by atoms with E-state index in [1.807, 2.05) is 13.8 Å². The van der Waals surface area contributed by atoms with Gasteiger partial charge in [-0.15, -0.1) is 0 Å². The Kier molecular flexibility index (Phi) is 3.38. The van der Waals surface area contributed by atoms with Crippen molar-refractivity contribution in [3.8, 4) is 0 Å². The zero-order valence-electron chi connectivity index (χ0n) is 11.2. The lowest BCUT2D eigenvalue weighted by atomic mass is 9.64. The Bertz CT molecular complexity index is 383. The fourth-order valence-corrected chi connectivity index (χ4v) is 2.19. The minimum Gasteiger partial charge on any atom is -0.386 e. The van der Waals surface area contributed by atoms with E-state index >= 15 is 0 Å². The van der Waals surface area contributed by atoms with Gasteiger partial charge in [0.1, 0.15) is 5.60 Å². The number of aliphatic hydroxyl groups is 2. The summed E-state index contributed by atoms with van der Waals surface area (Å²) < 4.78 is 0. The molecule has 1 unspecified atom stereocenters. The molecular formula is C14H22O3. The molecule has 1 rings (SSSR count). The van der Waals surface area contributed by atoms with Crippen LogP contribution in [-0.4, -0.2) is 27.2 Å². The fraction of sp³-hybridized carbons (Fsp3) is 0.643. The molecule has 0 fully saturated rings. The SMILES string of the molecule is CC1=CC(=O)CC(C)(C)C1(O)C=CC(C)(C)O. The molecule has 2 N–H and O–H groups in total. The molecule has 0 aromatic heterocycles. The van der Waals surface area contributed by atoms with Crippen molar-refractivity contribution in [2.45, 2.75) is 52.2 Å². The molecule has 0 saturated carbocycles. The lowest BCUT2D eigenvalue weighted by molar-refractivity contribution is -0.121. The lowest BCUT2D eigenvalue weighted by Crippen LogP contribution is -2.48. The molecule has 17 heavy (non-hydrogen) atoms. The van der Waals surface area contributed by atoms with E-state index < -0.39 is 16.6 Å². The third-order valence-corrected chi connectivity index (χ3v) is 3.36. The number of rotatable bonds is 2. The Morgan fingerprint density at radius 3 is 2.35 bits per heavy atom. The molecule has 0 aliphatic heterocycles. The van der Waals surface area contributed by atoms with Crippen molar-refractivity contribution < 1.29 is 15.0 Å². The van der Waals surface area contributed by atoms with Gasteiger partial charge in [-0.25, -0.2) is 0 Å². The molecule has 3 heteroatoms. The Balaban J connectivity index is 3.20. The van der Waals surface area contributed by atoms with Crippen LogP contribution < -0.4 is 0 Å². The lowest BCUT2D eigenvalue weighted by Gasteiger charge is -2.44. The highest BCUT2D eigenvalue weighted by Crippen LogP contribution is 2.44. The Morgan fingerprint density at radius 1 is 1.41 bits per heavy atom. The van der Waals surface area contributed by atoms with Crippen molar-refractivity contribution in [3.63, 3.8) is 0 Å². The van der Waals surface area contributed by atoms with Gasteiger partial charge in [-0.3, -0.25) is 4.79 Å². The second kappa shape index (κ2) is 4.07. The predicted molar refractivity (Wildman–Crippen MR) is 67.5 cm³/mol. The van der Waals surface area contributed by atoms with Gasteiger partial charge in [-0.05, 0) is 38.5 Å². The summed E-state index contributed by atoms with van der Waals surface area (Å²) in [5.74, 6) is 0.0360. The summed E-state index contributed by atoms with van der Waals surface area (Å²) in [5.41, 5.74) is -2.10. The summed E-state index contributed by atoms with van der Waals surface area (Å²) in [4.78, 5) is 11.5. The number of hydrogen-bond donors (Lipinski definition) is 2. The van der Waals surface area contributed by atoms with E-state index in [1.165, 1.54) is 6.08 Å². The minimum atomic E-state index is -1.18. The van der Waals surface area contributed by atoms with Crippen molar-refractivity contribution in [2.24, 2.45) is 5.41 Å². The van der Waals surface area contributed by atoms with Crippen molar-refractivity contribution in [1.82, 2.24) is 0 Å². The van der Waals surface area contributed by atoms with E-state index in [1.54, 1.807) is 32.9 Å². The molecule has 0 aromatic rings. The third-order valence-electron chi connectivity index (χ3n) is 3.36. The number of hydrogen-bond acceptors (Lipinski definition) is 3. The molecular weight excluding hydrogens is 216 g/mol. The quantitative estimate of drug-likeness (QED) is 0.723. The third kappa shape index (κ3) is 2.85. The van der Waals surface area contributed by atoms with Gasteiger partial charge >= 0.3 is 0 Å². The van der Waals surface area contributed by atoms with Crippen LogP contribution in [0.1, 0.15) is 41.0 Å². The zero-order chi connectivity index (χ0) is 13.5. The van der Waals surface area contributed by atoms with Crippen LogP contribution in [0.2, 0.25) is 0 Å². The van der Waals surface area contributed by atoms with E-state index in [2.05, 4.69) is 0 Å². The molecule has 0 radical (unpaired) electrons. The van der Waals surface area contributed by atoms with Crippen LogP contribution in [-0.2, 0) is 4.79 Å². The average Bonchev–Trinajstić information content (AvgIpc) is 2.09. The first-order valence-corrected chi connectivity index (χ1v) is 5.85. The number of allylic oxidation sites excluding steroid dienone is 1. The molecule has 3 nitrogen and oxygen atoms in total. The van der Waals surface area contributed by atoms with Crippen molar-refractivity contribution in [2.75, 3.05) is 0 Å². The number of carbonyl (C=O) groups excluding carboxylic acids is 1. The van der Waals surface area contributed by atoms with Crippen molar-refractivity contribution in [1.29, 1.82) is 0 Å². The molecule has 1 atom stereocenters. The average molecular weight is 238 g/mol. The van der Waals surface area contributed by atoms with Crippen LogP contribution in [0, 0.1) is 5.41 Å².